The zero-order valence-electron chi connectivity index (χ0n) is 13.8. The number of nitrogens with zero attached hydrogens (tertiary/aromatic N) is 2. The molecule has 0 N–H and O–H groups in total. The fraction of sp³-hybridized carbons (Fsp3) is 0.529. The molecule has 1 fully saturated rings. The van der Waals surface area contributed by atoms with Gasteiger partial charge in [0.1, 0.15) is 6.54 Å². The van der Waals surface area contributed by atoms with Crippen molar-refractivity contribution in [3.8, 4) is 0 Å². The monoisotopic (exact) mass is 350 g/mol. The van der Waals surface area contributed by atoms with Crippen LogP contribution in [0.1, 0.15) is 12.8 Å². The number of rotatable bonds is 7. The molecule has 1 unspecified atom stereocenters. The summed E-state index contributed by atoms with van der Waals surface area (Å²) >= 11 is 1.33. The first-order chi connectivity index (χ1) is 11.7. The molecule has 1 atom stereocenters. The van der Waals surface area contributed by atoms with E-state index in [4.69, 9.17) is 9.47 Å². The summed E-state index contributed by atoms with van der Waals surface area (Å²) in [5.74, 6) is -0.0730. The molecule has 1 aliphatic heterocycles. The van der Waals surface area contributed by atoms with Crippen molar-refractivity contribution in [3.05, 3.63) is 34.6 Å². The molecule has 1 amide bonds. The van der Waals surface area contributed by atoms with Gasteiger partial charge in [-0.3, -0.25) is 13.5 Å². The SMILES string of the molecule is COCCN(CC1CCCO1)C(=O)Cn1sc2ccccc2c1=O. The molecule has 0 radical (unpaired) electrons. The predicted molar refractivity (Wildman–Crippen MR) is 93.5 cm³/mol. The van der Waals surface area contributed by atoms with Gasteiger partial charge in [-0.1, -0.05) is 23.7 Å². The summed E-state index contributed by atoms with van der Waals surface area (Å²) in [6.45, 7) is 2.36. The van der Waals surface area contributed by atoms with E-state index in [1.54, 1.807) is 18.1 Å². The maximum atomic E-state index is 12.7. The van der Waals surface area contributed by atoms with Crippen molar-refractivity contribution in [1.29, 1.82) is 0 Å². The lowest BCUT2D eigenvalue weighted by Gasteiger charge is -2.25. The molecule has 130 valence electrons. The molecule has 2 aromatic rings. The van der Waals surface area contributed by atoms with Gasteiger partial charge >= 0.3 is 0 Å². The van der Waals surface area contributed by atoms with E-state index in [0.717, 1.165) is 24.1 Å². The molecule has 1 aromatic heterocycles. The van der Waals surface area contributed by atoms with Crippen molar-refractivity contribution < 1.29 is 14.3 Å². The quantitative estimate of drug-likeness (QED) is 0.763. The first kappa shape index (κ1) is 17.1. The average Bonchev–Trinajstić information content (AvgIpc) is 3.20. The summed E-state index contributed by atoms with van der Waals surface area (Å²) in [4.78, 5) is 26.8. The van der Waals surface area contributed by atoms with Gasteiger partial charge in [0.15, 0.2) is 0 Å². The molecular formula is C17H22N2O4S. The molecule has 1 aliphatic rings. The Kier molecular flexibility index (Phi) is 5.65. The van der Waals surface area contributed by atoms with E-state index < -0.39 is 0 Å². The third-order valence-electron chi connectivity index (χ3n) is 4.20. The summed E-state index contributed by atoms with van der Waals surface area (Å²) in [6.07, 6.45) is 2.09. The summed E-state index contributed by atoms with van der Waals surface area (Å²) in [6, 6.07) is 7.43. The second kappa shape index (κ2) is 7.92. The van der Waals surface area contributed by atoms with Crippen LogP contribution in [0.2, 0.25) is 0 Å². The minimum atomic E-state index is -0.104. The smallest absolute Gasteiger partial charge is 0.268 e. The fourth-order valence-electron chi connectivity index (χ4n) is 2.90. The summed E-state index contributed by atoms with van der Waals surface area (Å²) in [5.41, 5.74) is -0.104. The Morgan fingerprint density at radius 3 is 3.00 bits per heavy atom. The van der Waals surface area contributed by atoms with E-state index in [2.05, 4.69) is 0 Å². The van der Waals surface area contributed by atoms with Crippen LogP contribution in [0.25, 0.3) is 10.1 Å². The van der Waals surface area contributed by atoms with E-state index in [0.29, 0.717) is 25.1 Å². The van der Waals surface area contributed by atoms with Crippen molar-refractivity contribution >= 4 is 27.5 Å². The minimum Gasteiger partial charge on any atom is -0.383 e. The predicted octanol–water partition coefficient (Wildman–Crippen LogP) is 1.72. The highest BCUT2D eigenvalue weighted by atomic mass is 32.1. The summed E-state index contributed by atoms with van der Waals surface area (Å²) in [7, 11) is 1.62. The molecule has 0 bridgehead atoms. The van der Waals surface area contributed by atoms with Crippen LogP contribution in [-0.4, -0.2) is 54.3 Å². The Bertz CT molecular complexity index is 748. The Hall–Kier alpha value is -1.70. The maximum absolute atomic E-state index is 12.7. The molecule has 1 saturated heterocycles. The van der Waals surface area contributed by atoms with Crippen LogP contribution >= 0.6 is 11.5 Å². The first-order valence-electron chi connectivity index (χ1n) is 8.16. The van der Waals surface area contributed by atoms with Crippen LogP contribution < -0.4 is 5.56 Å². The molecule has 1 aromatic carbocycles. The number of benzene rings is 1. The molecular weight excluding hydrogens is 328 g/mol. The normalized spacial score (nSPS) is 17.5. The van der Waals surface area contributed by atoms with Crippen molar-refractivity contribution in [2.45, 2.75) is 25.5 Å². The lowest BCUT2D eigenvalue weighted by atomic mass is 10.2. The highest BCUT2D eigenvalue weighted by Crippen LogP contribution is 2.17. The van der Waals surface area contributed by atoms with Crippen molar-refractivity contribution in [2.24, 2.45) is 0 Å². The van der Waals surface area contributed by atoms with Gasteiger partial charge in [0.05, 0.1) is 22.8 Å². The number of fused-ring (bicyclic) bond motifs is 1. The number of aromatic nitrogens is 1. The molecule has 3 rings (SSSR count). The zero-order valence-corrected chi connectivity index (χ0v) is 14.6. The van der Waals surface area contributed by atoms with Crippen LogP contribution in [-0.2, 0) is 20.8 Å². The number of amides is 1. The standard InChI is InChI=1S/C17H22N2O4S/c1-22-10-8-18(11-13-5-4-9-23-13)16(20)12-19-17(21)14-6-2-3-7-15(14)24-19/h2-3,6-7,13H,4-5,8-12H2,1H3. The van der Waals surface area contributed by atoms with Crippen LogP contribution in [0.15, 0.2) is 29.1 Å². The van der Waals surface area contributed by atoms with E-state index in [-0.39, 0.29) is 24.1 Å². The number of ether oxygens (including phenoxy) is 2. The van der Waals surface area contributed by atoms with E-state index >= 15 is 0 Å². The topological polar surface area (TPSA) is 60.8 Å². The molecule has 0 saturated carbocycles. The zero-order chi connectivity index (χ0) is 16.9. The highest BCUT2D eigenvalue weighted by Gasteiger charge is 2.23. The van der Waals surface area contributed by atoms with Gasteiger partial charge in [0.25, 0.3) is 5.56 Å². The van der Waals surface area contributed by atoms with Crippen LogP contribution in [0.5, 0.6) is 0 Å². The second-order valence-corrected chi connectivity index (χ2v) is 6.96. The average molecular weight is 350 g/mol. The van der Waals surface area contributed by atoms with Crippen LogP contribution in [0, 0.1) is 0 Å². The van der Waals surface area contributed by atoms with Gasteiger partial charge in [0.2, 0.25) is 5.91 Å². The third-order valence-corrected chi connectivity index (χ3v) is 5.27. The van der Waals surface area contributed by atoms with E-state index in [1.165, 1.54) is 15.5 Å². The second-order valence-electron chi connectivity index (χ2n) is 5.90. The maximum Gasteiger partial charge on any atom is 0.268 e. The van der Waals surface area contributed by atoms with Crippen molar-refractivity contribution in [2.75, 3.05) is 33.4 Å². The van der Waals surface area contributed by atoms with E-state index in [1.807, 2.05) is 18.2 Å². The molecule has 0 spiro atoms. The largest absolute Gasteiger partial charge is 0.383 e. The van der Waals surface area contributed by atoms with Gasteiger partial charge in [0, 0.05) is 26.8 Å². The van der Waals surface area contributed by atoms with Gasteiger partial charge in [-0.05, 0) is 25.0 Å². The van der Waals surface area contributed by atoms with Gasteiger partial charge in [-0.2, -0.15) is 0 Å². The van der Waals surface area contributed by atoms with Gasteiger partial charge in [-0.25, -0.2) is 0 Å². The van der Waals surface area contributed by atoms with Crippen molar-refractivity contribution in [3.63, 3.8) is 0 Å². The number of methoxy groups -OCH3 is 1. The van der Waals surface area contributed by atoms with Crippen molar-refractivity contribution in [1.82, 2.24) is 8.86 Å². The van der Waals surface area contributed by atoms with Gasteiger partial charge < -0.3 is 14.4 Å². The number of carbonyl (C=O) groups is 1. The Morgan fingerprint density at radius 2 is 2.29 bits per heavy atom. The number of hydrogen-bond acceptors (Lipinski definition) is 5. The summed E-state index contributed by atoms with van der Waals surface area (Å²) < 4.78 is 13.2. The van der Waals surface area contributed by atoms with Crippen LogP contribution in [0.3, 0.4) is 0 Å². The van der Waals surface area contributed by atoms with Gasteiger partial charge in [-0.15, -0.1) is 0 Å². The highest BCUT2D eigenvalue weighted by molar-refractivity contribution is 7.13. The third kappa shape index (κ3) is 3.85. The minimum absolute atomic E-state index is 0.0641. The lowest BCUT2D eigenvalue weighted by molar-refractivity contribution is -0.134. The number of hydrogen-bond donors (Lipinski definition) is 0. The Morgan fingerprint density at radius 1 is 1.46 bits per heavy atom. The lowest BCUT2D eigenvalue weighted by Crippen LogP contribution is -2.41. The molecule has 7 heteroatoms. The first-order valence-corrected chi connectivity index (χ1v) is 8.93. The number of carbonyl (C=O) groups excluding carboxylic acids is 1. The van der Waals surface area contributed by atoms with Crippen LogP contribution in [0.4, 0.5) is 0 Å². The molecule has 24 heavy (non-hydrogen) atoms. The fourth-order valence-corrected chi connectivity index (χ4v) is 3.88. The molecule has 6 nitrogen and oxygen atoms in total. The molecule has 0 aliphatic carbocycles. The Labute approximate surface area is 144 Å². The van der Waals surface area contributed by atoms with E-state index in [9.17, 15) is 9.59 Å². The Balaban J connectivity index is 1.73. The summed E-state index contributed by atoms with van der Waals surface area (Å²) in [5, 5.41) is 0.665. The molecule has 2 heterocycles.